The highest BCUT2D eigenvalue weighted by Gasteiger charge is 2.19. The largest absolute Gasteiger partial charge is 0.355 e. The topological polar surface area (TPSA) is 53.4 Å². The van der Waals surface area contributed by atoms with Crippen LogP contribution in [0.5, 0.6) is 0 Å². The number of nitrogens with zero attached hydrogens (tertiary/aromatic N) is 4. The van der Waals surface area contributed by atoms with Crippen LogP contribution in [0.15, 0.2) is 73.1 Å². The first-order valence-corrected chi connectivity index (χ1v) is 11.1. The van der Waals surface area contributed by atoms with Crippen LogP contribution in [-0.2, 0) is 24.3 Å². The van der Waals surface area contributed by atoms with E-state index >= 15 is 0 Å². The van der Waals surface area contributed by atoms with E-state index in [-0.39, 0.29) is 5.91 Å². The molecule has 31 heavy (non-hydrogen) atoms. The van der Waals surface area contributed by atoms with Crippen LogP contribution in [0, 0.1) is 0 Å². The quantitative estimate of drug-likeness (QED) is 0.581. The molecule has 1 amide bonds. The molecule has 6 nitrogen and oxygen atoms in total. The summed E-state index contributed by atoms with van der Waals surface area (Å²) in [5.41, 5.74) is 2.59. The molecule has 1 aliphatic rings. The Morgan fingerprint density at radius 3 is 2.13 bits per heavy atom. The van der Waals surface area contributed by atoms with Gasteiger partial charge in [0.15, 0.2) is 0 Å². The molecule has 0 saturated carbocycles. The molecule has 4 rings (SSSR count). The third kappa shape index (κ3) is 6.51. The first-order valence-electron chi connectivity index (χ1n) is 11.1. The molecule has 1 N–H and O–H groups in total. The average Bonchev–Trinajstić information content (AvgIpc) is 3.23. The van der Waals surface area contributed by atoms with Gasteiger partial charge >= 0.3 is 0 Å². The molecule has 2 heterocycles. The Bertz CT molecular complexity index is 933. The van der Waals surface area contributed by atoms with Gasteiger partial charge in [-0.25, -0.2) is 4.98 Å². The Labute approximate surface area is 184 Å². The number of hydrogen-bond donors (Lipinski definition) is 1. The normalized spacial score (nSPS) is 15.1. The summed E-state index contributed by atoms with van der Waals surface area (Å²) in [4.78, 5) is 21.6. The lowest BCUT2D eigenvalue weighted by Crippen LogP contribution is -2.49. The number of nitrogens with one attached hydrogen (secondary N) is 1. The van der Waals surface area contributed by atoms with E-state index in [1.165, 1.54) is 11.1 Å². The van der Waals surface area contributed by atoms with Crippen molar-refractivity contribution in [3.05, 3.63) is 90.0 Å². The Kier molecular flexibility index (Phi) is 7.47. The van der Waals surface area contributed by atoms with E-state index in [2.05, 4.69) is 67.1 Å². The van der Waals surface area contributed by atoms with Gasteiger partial charge in [0.1, 0.15) is 5.82 Å². The fourth-order valence-electron chi connectivity index (χ4n) is 4.01. The smallest absolute Gasteiger partial charge is 0.234 e. The van der Waals surface area contributed by atoms with Crippen LogP contribution in [0.3, 0.4) is 0 Å². The molecule has 0 spiro atoms. The Balaban J connectivity index is 1.15. The summed E-state index contributed by atoms with van der Waals surface area (Å²) in [7, 11) is 0. The number of amides is 1. The lowest BCUT2D eigenvalue weighted by Gasteiger charge is -2.34. The predicted molar refractivity (Wildman–Crippen MR) is 123 cm³/mol. The summed E-state index contributed by atoms with van der Waals surface area (Å²) in [6.07, 6.45) is 4.56. The van der Waals surface area contributed by atoms with Gasteiger partial charge in [0.2, 0.25) is 5.91 Å². The molecule has 1 aliphatic heterocycles. The number of imidazole rings is 1. The summed E-state index contributed by atoms with van der Waals surface area (Å²) >= 11 is 0. The van der Waals surface area contributed by atoms with Gasteiger partial charge in [-0.2, -0.15) is 0 Å². The molecular weight excluding hydrogens is 386 g/mol. The zero-order chi connectivity index (χ0) is 21.3. The van der Waals surface area contributed by atoms with Crippen molar-refractivity contribution >= 4 is 5.91 Å². The zero-order valence-electron chi connectivity index (χ0n) is 18.0. The number of piperazine rings is 1. The van der Waals surface area contributed by atoms with Crippen molar-refractivity contribution in [2.24, 2.45) is 0 Å². The van der Waals surface area contributed by atoms with E-state index in [0.717, 1.165) is 51.5 Å². The summed E-state index contributed by atoms with van der Waals surface area (Å²) < 4.78 is 2.15. The fraction of sp³-hybridized carbons (Fsp3) is 0.360. The van der Waals surface area contributed by atoms with Gasteiger partial charge in [-0.3, -0.25) is 14.6 Å². The molecule has 0 atom stereocenters. The third-order valence-electron chi connectivity index (χ3n) is 5.75. The van der Waals surface area contributed by atoms with E-state index in [1.807, 2.05) is 30.6 Å². The van der Waals surface area contributed by atoms with Gasteiger partial charge in [0, 0.05) is 64.6 Å². The standard InChI is InChI=1S/C25H31N5O/c31-25(21-29-17-15-28(16-18-29)19-22-7-3-1-4-8-22)27-12-11-24-26-13-14-30(24)20-23-9-5-2-6-10-23/h1-10,13-14H,11-12,15-21H2,(H,27,31). The number of aromatic nitrogens is 2. The summed E-state index contributed by atoms with van der Waals surface area (Å²) in [5.74, 6) is 1.09. The minimum absolute atomic E-state index is 0.0951. The molecule has 0 bridgehead atoms. The van der Waals surface area contributed by atoms with Crippen LogP contribution in [0.2, 0.25) is 0 Å². The van der Waals surface area contributed by atoms with Crippen molar-refractivity contribution in [3.8, 4) is 0 Å². The van der Waals surface area contributed by atoms with Crippen LogP contribution in [0.25, 0.3) is 0 Å². The number of hydrogen-bond acceptors (Lipinski definition) is 4. The number of carbonyl (C=O) groups is 1. The Morgan fingerprint density at radius 1 is 0.839 bits per heavy atom. The van der Waals surface area contributed by atoms with Crippen LogP contribution >= 0.6 is 0 Å². The maximum atomic E-state index is 12.4. The van der Waals surface area contributed by atoms with Gasteiger partial charge in [-0.05, 0) is 11.1 Å². The predicted octanol–water partition coefficient (Wildman–Crippen LogP) is 2.41. The second kappa shape index (κ2) is 10.9. The minimum Gasteiger partial charge on any atom is -0.355 e. The first kappa shape index (κ1) is 21.3. The fourth-order valence-corrected chi connectivity index (χ4v) is 4.01. The van der Waals surface area contributed by atoms with Crippen LogP contribution < -0.4 is 5.32 Å². The van der Waals surface area contributed by atoms with E-state index in [1.54, 1.807) is 0 Å². The monoisotopic (exact) mass is 417 g/mol. The van der Waals surface area contributed by atoms with E-state index < -0.39 is 0 Å². The van der Waals surface area contributed by atoms with Gasteiger partial charge in [-0.15, -0.1) is 0 Å². The average molecular weight is 418 g/mol. The van der Waals surface area contributed by atoms with E-state index in [4.69, 9.17) is 0 Å². The second-order valence-corrected chi connectivity index (χ2v) is 8.09. The molecule has 1 aromatic heterocycles. The number of rotatable bonds is 9. The number of benzene rings is 2. The van der Waals surface area contributed by atoms with Crippen LogP contribution in [-0.4, -0.2) is 64.5 Å². The molecule has 0 radical (unpaired) electrons. The van der Waals surface area contributed by atoms with Crippen molar-refractivity contribution in [1.29, 1.82) is 0 Å². The molecule has 3 aromatic rings. The van der Waals surface area contributed by atoms with Crippen molar-refractivity contribution in [2.45, 2.75) is 19.5 Å². The van der Waals surface area contributed by atoms with Gasteiger partial charge < -0.3 is 9.88 Å². The maximum absolute atomic E-state index is 12.4. The van der Waals surface area contributed by atoms with Crippen LogP contribution in [0.1, 0.15) is 17.0 Å². The molecular formula is C25H31N5O. The van der Waals surface area contributed by atoms with Crippen molar-refractivity contribution < 1.29 is 4.79 Å². The summed E-state index contributed by atoms with van der Waals surface area (Å²) in [6.45, 7) is 6.73. The van der Waals surface area contributed by atoms with Gasteiger partial charge in [-0.1, -0.05) is 60.7 Å². The van der Waals surface area contributed by atoms with Gasteiger partial charge in [0.05, 0.1) is 6.54 Å². The molecule has 1 fully saturated rings. The molecule has 162 valence electrons. The lowest BCUT2D eigenvalue weighted by atomic mass is 10.2. The Hall–Kier alpha value is -2.96. The highest BCUT2D eigenvalue weighted by Crippen LogP contribution is 2.08. The van der Waals surface area contributed by atoms with Crippen molar-refractivity contribution in [1.82, 2.24) is 24.7 Å². The summed E-state index contributed by atoms with van der Waals surface area (Å²) in [5, 5.41) is 3.06. The van der Waals surface area contributed by atoms with Crippen molar-refractivity contribution in [2.75, 3.05) is 39.3 Å². The van der Waals surface area contributed by atoms with Crippen LogP contribution in [0.4, 0.5) is 0 Å². The highest BCUT2D eigenvalue weighted by molar-refractivity contribution is 5.78. The minimum atomic E-state index is 0.0951. The maximum Gasteiger partial charge on any atom is 0.234 e. The molecule has 6 heteroatoms. The van der Waals surface area contributed by atoms with E-state index in [9.17, 15) is 4.79 Å². The summed E-state index contributed by atoms with van der Waals surface area (Å²) in [6, 6.07) is 20.9. The second-order valence-electron chi connectivity index (χ2n) is 8.09. The number of carbonyl (C=O) groups excluding carboxylic acids is 1. The molecule has 0 unspecified atom stereocenters. The van der Waals surface area contributed by atoms with Gasteiger partial charge in [0.25, 0.3) is 0 Å². The van der Waals surface area contributed by atoms with E-state index in [0.29, 0.717) is 13.1 Å². The molecule has 1 saturated heterocycles. The molecule has 2 aromatic carbocycles. The zero-order valence-corrected chi connectivity index (χ0v) is 18.0. The SMILES string of the molecule is O=C(CN1CCN(Cc2ccccc2)CC1)NCCc1nccn1Cc1ccccc1. The lowest BCUT2D eigenvalue weighted by molar-refractivity contribution is -0.122. The molecule has 0 aliphatic carbocycles. The first-order chi connectivity index (χ1) is 15.3. The Morgan fingerprint density at radius 2 is 1.45 bits per heavy atom. The van der Waals surface area contributed by atoms with Crippen molar-refractivity contribution in [3.63, 3.8) is 0 Å². The highest BCUT2D eigenvalue weighted by atomic mass is 16.2. The third-order valence-corrected chi connectivity index (χ3v) is 5.75.